The maximum atomic E-state index is 13.1. The molecule has 2 aromatic heterocycles. The highest BCUT2D eigenvalue weighted by Crippen LogP contribution is 2.31. The van der Waals surface area contributed by atoms with Gasteiger partial charge in [0.25, 0.3) is 5.56 Å². The smallest absolute Gasteiger partial charge is 0.260 e. The van der Waals surface area contributed by atoms with Gasteiger partial charge in [-0.1, -0.05) is 32.0 Å². The summed E-state index contributed by atoms with van der Waals surface area (Å²) in [5, 5.41) is 13.2. The maximum Gasteiger partial charge on any atom is 0.260 e. The summed E-state index contributed by atoms with van der Waals surface area (Å²) in [6.45, 7) is 16.3. The zero-order chi connectivity index (χ0) is 24.3. The van der Waals surface area contributed by atoms with E-state index in [-0.39, 0.29) is 17.8 Å². The number of H-pyrrole nitrogens is 1. The quantitative estimate of drug-likeness (QED) is 0.464. The molecule has 2 N–H and O–H groups in total. The summed E-state index contributed by atoms with van der Waals surface area (Å²) < 4.78 is 5.74. The molecule has 6 nitrogen and oxygen atoms in total. The number of ether oxygens (including phenoxy) is 1. The number of rotatable bonds is 9. The normalized spacial score (nSPS) is 13.4. The Morgan fingerprint density at radius 2 is 1.91 bits per heavy atom. The van der Waals surface area contributed by atoms with E-state index >= 15 is 0 Å². The standard InChI is InChI=1S/C26H37N3O3S/c1-16(2)11-29(12-20(30)14-32-26(5,6)7)13-22-27-24(31)23-21(15-33-25(23)28-22)19-9-8-17(3)18(4)10-19/h8-10,15-16,20,30H,11-14H2,1-7H3,(H,27,28,31)/t20-/m1/s1. The molecule has 0 bridgehead atoms. The first-order chi connectivity index (χ1) is 15.4. The van der Waals surface area contributed by atoms with Crippen LogP contribution >= 0.6 is 11.3 Å². The largest absolute Gasteiger partial charge is 0.389 e. The number of benzene rings is 1. The fourth-order valence-electron chi connectivity index (χ4n) is 3.82. The Kier molecular flexibility index (Phi) is 8.11. The lowest BCUT2D eigenvalue weighted by atomic mass is 10.0. The Morgan fingerprint density at radius 1 is 1.18 bits per heavy atom. The Hall–Kier alpha value is -2.06. The summed E-state index contributed by atoms with van der Waals surface area (Å²) in [4.78, 5) is 23.7. The minimum absolute atomic E-state index is 0.120. The van der Waals surface area contributed by atoms with E-state index in [1.165, 1.54) is 22.5 Å². The van der Waals surface area contributed by atoms with E-state index in [0.717, 1.165) is 22.5 Å². The molecule has 0 aliphatic carbocycles. The highest BCUT2D eigenvalue weighted by molar-refractivity contribution is 7.17. The number of nitrogens with one attached hydrogen (secondary N) is 1. The van der Waals surface area contributed by atoms with Crippen LogP contribution in [0.15, 0.2) is 28.4 Å². The van der Waals surface area contributed by atoms with E-state index in [1.807, 2.05) is 26.2 Å². The molecule has 2 heterocycles. The van der Waals surface area contributed by atoms with Gasteiger partial charge in [-0.3, -0.25) is 9.69 Å². The Balaban J connectivity index is 1.83. The molecule has 0 aliphatic heterocycles. The molecular weight excluding hydrogens is 434 g/mol. The van der Waals surface area contributed by atoms with E-state index in [4.69, 9.17) is 9.72 Å². The molecule has 0 saturated carbocycles. The number of aromatic amines is 1. The van der Waals surface area contributed by atoms with Gasteiger partial charge in [0, 0.05) is 24.0 Å². The van der Waals surface area contributed by atoms with Crippen LogP contribution in [0.2, 0.25) is 0 Å². The number of aliphatic hydroxyl groups excluding tert-OH is 1. The fraction of sp³-hybridized carbons (Fsp3) is 0.538. The maximum absolute atomic E-state index is 13.1. The van der Waals surface area contributed by atoms with Gasteiger partial charge in [0.1, 0.15) is 10.7 Å². The lowest BCUT2D eigenvalue weighted by molar-refractivity contribution is -0.0574. The van der Waals surface area contributed by atoms with Gasteiger partial charge in [-0.15, -0.1) is 11.3 Å². The molecule has 0 fully saturated rings. The van der Waals surface area contributed by atoms with Crippen LogP contribution in [-0.2, 0) is 11.3 Å². The van der Waals surface area contributed by atoms with Crippen LogP contribution < -0.4 is 5.56 Å². The van der Waals surface area contributed by atoms with Crippen molar-refractivity contribution < 1.29 is 9.84 Å². The van der Waals surface area contributed by atoms with Gasteiger partial charge >= 0.3 is 0 Å². The molecular formula is C26H37N3O3S. The van der Waals surface area contributed by atoms with E-state index in [1.54, 1.807) is 0 Å². The highest BCUT2D eigenvalue weighted by atomic mass is 32.1. The van der Waals surface area contributed by atoms with Crippen LogP contribution in [0.4, 0.5) is 0 Å². The SMILES string of the molecule is Cc1ccc(-c2csc3nc(CN(CC(C)C)C[C@@H](O)COC(C)(C)C)[nH]c(=O)c23)cc1C. The number of nitrogens with zero attached hydrogens (tertiary/aromatic N) is 2. The van der Waals surface area contributed by atoms with Crippen molar-refractivity contribution >= 4 is 21.6 Å². The lowest BCUT2D eigenvalue weighted by Gasteiger charge is -2.28. The second-order valence-corrected chi connectivity index (χ2v) is 11.2. The van der Waals surface area contributed by atoms with E-state index in [9.17, 15) is 9.90 Å². The molecule has 0 spiro atoms. The first-order valence-corrected chi connectivity index (χ1v) is 12.4. The Morgan fingerprint density at radius 3 is 2.55 bits per heavy atom. The first-order valence-electron chi connectivity index (χ1n) is 11.6. The molecule has 3 aromatic rings. The average molecular weight is 472 g/mol. The van der Waals surface area contributed by atoms with Gasteiger partial charge in [-0.05, 0) is 57.2 Å². The number of aliphatic hydroxyl groups is 1. The molecule has 0 radical (unpaired) electrons. The van der Waals surface area contributed by atoms with Crippen molar-refractivity contribution in [3.05, 3.63) is 50.9 Å². The third-order valence-corrected chi connectivity index (χ3v) is 6.36. The zero-order valence-electron chi connectivity index (χ0n) is 20.9. The molecule has 7 heteroatoms. The van der Waals surface area contributed by atoms with Gasteiger partial charge in [-0.2, -0.15) is 0 Å². The fourth-order valence-corrected chi connectivity index (χ4v) is 4.79. The minimum atomic E-state index is -0.614. The third-order valence-electron chi connectivity index (χ3n) is 5.49. The van der Waals surface area contributed by atoms with Gasteiger partial charge in [0.2, 0.25) is 0 Å². The number of thiophene rings is 1. The second-order valence-electron chi connectivity index (χ2n) is 10.3. The van der Waals surface area contributed by atoms with Crippen molar-refractivity contribution in [3.63, 3.8) is 0 Å². The van der Waals surface area contributed by atoms with Crippen LogP contribution in [0, 0.1) is 19.8 Å². The van der Waals surface area contributed by atoms with E-state index in [2.05, 4.69) is 55.8 Å². The third kappa shape index (κ3) is 6.96. The van der Waals surface area contributed by atoms with Gasteiger partial charge in [0.15, 0.2) is 0 Å². The number of fused-ring (bicyclic) bond motifs is 1. The number of hydrogen-bond acceptors (Lipinski definition) is 6. The first kappa shape index (κ1) is 25.6. The monoisotopic (exact) mass is 471 g/mol. The molecule has 180 valence electrons. The molecule has 1 aromatic carbocycles. The summed E-state index contributed by atoms with van der Waals surface area (Å²) >= 11 is 1.49. The number of aryl methyl sites for hydroxylation is 2. The van der Waals surface area contributed by atoms with Crippen LogP contribution in [-0.4, -0.2) is 51.4 Å². The molecule has 3 rings (SSSR count). The molecule has 0 amide bonds. The van der Waals surface area contributed by atoms with Crippen molar-refractivity contribution in [1.29, 1.82) is 0 Å². The van der Waals surface area contributed by atoms with Gasteiger partial charge < -0.3 is 14.8 Å². The van der Waals surface area contributed by atoms with E-state index in [0.29, 0.717) is 30.2 Å². The zero-order valence-corrected chi connectivity index (χ0v) is 21.7. The Labute approximate surface area is 200 Å². The molecule has 0 saturated heterocycles. The number of aromatic nitrogens is 2. The van der Waals surface area contributed by atoms with Gasteiger partial charge in [0.05, 0.1) is 30.2 Å². The summed E-state index contributed by atoms with van der Waals surface area (Å²) in [6.07, 6.45) is -0.614. The molecule has 33 heavy (non-hydrogen) atoms. The summed E-state index contributed by atoms with van der Waals surface area (Å²) in [5.74, 6) is 1.03. The predicted octanol–water partition coefficient (Wildman–Crippen LogP) is 4.90. The highest BCUT2D eigenvalue weighted by Gasteiger charge is 2.19. The summed E-state index contributed by atoms with van der Waals surface area (Å²) in [6, 6.07) is 6.26. The van der Waals surface area contributed by atoms with Crippen molar-refractivity contribution in [1.82, 2.24) is 14.9 Å². The predicted molar refractivity (Wildman–Crippen MR) is 137 cm³/mol. The summed E-state index contributed by atoms with van der Waals surface area (Å²) in [5.41, 5.74) is 3.97. The summed E-state index contributed by atoms with van der Waals surface area (Å²) in [7, 11) is 0. The number of hydrogen-bond donors (Lipinski definition) is 2. The van der Waals surface area contributed by atoms with Crippen LogP contribution in [0.1, 0.15) is 51.6 Å². The van der Waals surface area contributed by atoms with Crippen LogP contribution in [0.25, 0.3) is 21.3 Å². The molecule has 1 atom stereocenters. The van der Waals surface area contributed by atoms with Crippen molar-refractivity contribution in [2.45, 2.75) is 66.7 Å². The molecule has 0 aliphatic rings. The topological polar surface area (TPSA) is 78.5 Å². The lowest BCUT2D eigenvalue weighted by Crippen LogP contribution is -2.39. The van der Waals surface area contributed by atoms with Crippen LogP contribution in [0.3, 0.4) is 0 Å². The average Bonchev–Trinajstić information content (AvgIpc) is 3.12. The van der Waals surface area contributed by atoms with Crippen molar-refractivity contribution in [2.24, 2.45) is 5.92 Å². The molecule has 0 unspecified atom stereocenters. The van der Waals surface area contributed by atoms with E-state index < -0.39 is 6.10 Å². The Bertz CT molecular complexity index is 1140. The second kappa shape index (κ2) is 10.5. The van der Waals surface area contributed by atoms with Crippen LogP contribution in [0.5, 0.6) is 0 Å². The minimum Gasteiger partial charge on any atom is -0.389 e. The van der Waals surface area contributed by atoms with Crippen molar-refractivity contribution in [3.8, 4) is 11.1 Å². The van der Waals surface area contributed by atoms with Gasteiger partial charge in [-0.25, -0.2) is 4.98 Å². The van der Waals surface area contributed by atoms with Crippen molar-refractivity contribution in [2.75, 3.05) is 19.7 Å².